The highest BCUT2D eigenvalue weighted by Crippen LogP contribution is 2.21. The van der Waals surface area contributed by atoms with Crippen LogP contribution in [0.3, 0.4) is 0 Å². The minimum atomic E-state index is -0.264. The summed E-state index contributed by atoms with van der Waals surface area (Å²) in [7, 11) is 0. The van der Waals surface area contributed by atoms with Crippen LogP contribution in [0.1, 0.15) is 25.5 Å². The Morgan fingerprint density at radius 2 is 2.08 bits per heavy atom. The van der Waals surface area contributed by atoms with E-state index in [2.05, 4.69) is 17.2 Å². The molecule has 0 bridgehead atoms. The van der Waals surface area contributed by atoms with Crippen LogP contribution in [0.25, 0.3) is 16.6 Å². The van der Waals surface area contributed by atoms with E-state index in [1.807, 2.05) is 52.1 Å². The quantitative estimate of drug-likeness (QED) is 0.617. The average molecular weight is 372 g/mol. The van der Waals surface area contributed by atoms with Gasteiger partial charge < -0.3 is 5.32 Å². The van der Waals surface area contributed by atoms with Crippen molar-refractivity contribution in [1.82, 2.24) is 19.5 Å². The summed E-state index contributed by atoms with van der Waals surface area (Å²) in [6.07, 6.45) is 2.15. The lowest BCUT2D eigenvalue weighted by Crippen LogP contribution is -2.30. The Kier molecular flexibility index (Phi) is 5.98. The Morgan fingerprint density at radius 3 is 2.88 bits per heavy atom. The number of benzene rings is 1. The number of hydrogen-bond acceptors (Lipinski definition) is 4. The Morgan fingerprint density at radius 1 is 1.27 bits per heavy atom. The van der Waals surface area contributed by atoms with Crippen LogP contribution >= 0.6 is 11.8 Å². The zero-order valence-corrected chi connectivity index (χ0v) is 16.0. The zero-order valence-electron chi connectivity index (χ0n) is 15.2. The maximum absolute atomic E-state index is 12.4. The van der Waals surface area contributed by atoms with Crippen LogP contribution in [0.5, 0.6) is 0 Å². The van der Waals surface area contributed by atoms with E-state index in [1.165, 1.54) is 18.2 Å². The SMILES string of the molecule is CCCSCCCNC(=O)Cn1c2ccccc2c2nc(=O)cc(C)n21. The van der Waals surface area contributed by atoms with Gasteiger partial charge in [0.05, 0.1) is 5.52 Å². The van der Waals surface area contributed by atoms with Crippen molar-refractivity contribution in [3.63, 3.8) is 0 Å². The maximum atomic E-state index is 12.4. The molecule has 2 aromatic heterocycles. The molecule has 2 heterocycles. The van der Waals surface area contributed by atoms with Gasteiger partial charge in [-0.25, -0.2) is 4.52 Å². The minimum absolute atomic E-state index is 0.0359. The number of amides is 1. The van der Waals surface area contributed by atoms with Crippen molar-refractivity contribution in [2.75, 3.05) is 18.1 Å². The highest BCUT2D eigenvalue weighted by Gasteiger charge is 2.15. The topological polar surface area (TPSA) is 68.4 Å². The molecule has 0 spiro atoms. The van der Waals surface area contributed by atoms with E-state index in [0.717, 1.165) is 28.8 Å². The average Bonchev–Trinajstić information content (AvgIpc) is 2.92. The molecule has 1 aromatic carbocycles. The number of aryl methyl sites for hydroxylation is 1. The third kappa shape index (κ3) is 3.93. The second kappa shape index (κ2) is 8.40. The summed E-state index contributed by atoms with van der Waals surface area (Å²) >= 11 is 1.92. The fourth-order valence-electron chi connectivity index (χ4n) is 3.06. The molecular weight excluding hydrogens is 348 g/mol. The number of hydrogen-bond donors (Lipinski definition) is 1. The van der Waals surface area contributed by atoms with E-state index in [0.29, 0.717) is 12.2 Å². The molecule has 3 aromatic rings. The first kappa shape index (κ1) is 18.5. The van der Waals surface area contributed by atoms with Crippen LogP contribution in [0.4, 0.5) is 0 Å². The molecule has 3 rings (SSSR count). The van der Waals surface area contributed by atoms with Gasteiger partial charge in [0.25, 0.3) is 5.56 Å². The largest absolute Gasteiger partial charge is 0.354 e. The minimum Gasteiger partial charge on any atom is -0.354 e. The van der Waals surface area contributed by atoms with Gasteiger partial charge in [0.15, 0.2) is 5.65 Å². The predicted octanol–water partition coefficient (Wildman–Crippen LogP) is 2.61. The lowest BCUT2D eigenvalue weighted by Gasteiger charge is -2.11. The molecule has 0 unspecified atom stereocenters. The molecule has 0 radical (unpaired) electrons. The molecule has 1 N–H and O–H groups in total. The molecule has 0 aliphatic carbocycles. The van der Waals surface area contributed by atoms with Crippen molar-refractivity contribution in [2.45, 2.75) is 33.2 Å². The van der Waals surface area contributed by atoms with Gasteiger partial charge in [0, 0.05) is 23.7 Å². The first-order valence-electron chi connectivity index (χ1n) is 8.94. The van der Waals surface area contributed by atoms with Crippen LogP contribution in [0.2, 0.25) is 0 Å². The number of carbonyl (C=O) groups excluding carboxylic acids is 1. The Balaban J connectivity index is 1.81. The summed E-state index contributed by atoms with van der Waals surface area (Å²) in [5.41, 5.74) is 1.98. The number of thioether (sulfide) groups is 1. The zero-order chi connectivity index (χ0) is 18.5. The van der Waals surface area contributed by atoms with Gasteiger partial charge in [-0.2, -0.15) is 16.7 Å². The van der Waals surface area contributed by atoms with E-state index in [4.69, 9.17) is 0 Å². The summed E-state index contributed by atoms with van der Waals surface area (Å²) in [5, 5.41) is 3.86. The molecule has 0 saturated heterocycles. The molecule has 1 amide bonds. The summed E-state index contributed by atoms with van der Waals surface area (Å²) in [4.78, 5) is 28.4. The van der Waals surface area contributed by atoms with Gasteiger partial charge >= 0.3 is 0 Å². The van der Waals surface area contributed by atoms with Crippen LogP contribution < -0.4 is 10.9 Å². The normalized spacial score (nSPS) is 11.3. The molecule has 138 valence electrons. The van der Waals surface area contributed by atoms with Crippen molar-refractivity contribution in [2.24, 2.45) is 0 Å². The maximum Gasteiger partial charge on any atom is 0.273 e. The summed E-state index contributed by atoms with van der Waals surface area (Å²) < 4.78 is 3.73. The van der Waals surface area contributed by atoms with Crippen molar-refractivity contribution < 1.29 is 4.79 Å². The Bertz CT molecular complexity index is 977. The standard InChI is InChI=1S/C19H24N4O2S/c1-3-10-26-11-6-9-20-18(25)13-22-16-8-5-4-7-15(16)19-21-17(24)12-14(2)23(19)22/h4-5,7-8,12H,3,6,9-11,13H2,1-2H3,(H,20,25). The molecule has 0 atom stereocenters. The molecule has 0 aliphatic rings. The predicted molar refractivity (Wildman–Crippen MR) is 107 cm³/mol. The van der Waals surface area contributed by atoms with Crippen LogP contribution in [0, 0.1) is 6.92 Å². The lowest BCUT2D eigenvalue weighted by molar-refractivity contribution is -0.121. The van der Waals surface area contributed by atoms with E-state index in [1.54, 1.807) is 0 Å². The second-order valence-corrected chi connectivity index (χ2v) is 7.49. The number of fused-ring (bicyclic) bond motifs is 3. The molecule has 26 heavy (non-hydrogen) atoms. The van der Waals surface area contributed by atoms with Gasteiger partial charge in [-0.05, 0) is 43.4 Å². The number of para-hydroxylation sites is 1. The van der Waals surface area contributed by atoms with Crippen molar-refractivity contribution in [3.8, 4) is 0 Å². The Labute approximate surface area is 156 Å². The van der Waals surface area contributed by atoms with E-state index < -0.39 is 0 Å². The smallest absolute Gasteiger partial charge is 0.273 e. The number of carbonyl (C=O) groups is 1. The van der Waals surface area contributed by atoms with Crippen molar-refractivity contribution in [1.29, 1.82) is 0 Å². The highest BCUT2D eigenvalue weighted by atomic mass is 32.2. The summed E-state index contributed by atoms with van der Waals surface area (Å²) in [5.74, 6) is 2.19. The molecule has 0 aliphatic heterocycles. The van der Waals surface area contributed by atoms with Crippen molar-refractivity contribution in [3.05, 3.63) is 46.4 Å². The van der Waals surface area contributed by atoms with Gasteiger partial charge in [0.1, 0.15) is 6.54 Å². The second-order valence-electron chi connectivity index (χ2n) is 6.26. The lowest BCUT2D eigenvalue weighted by atomic mass is 10.2. The number of rotatable bonds is 8. The van der Waals surface area contributed by atoms with E-state index >= 15 is 0 Å². The monoisotopic (exact) mass is 372 g/mol. The van der Waals surface area contributed by atoms with E-state index in [9.17, 15) is 9.59 Å². The number of nitrogens with zero attached hydrogens (tertiary/aromatic N) is 3. The summed E-state index contributed by atoms with van der Waals surface area (Å²) in [6.45, 7) is 4.90. The number of nitrogens with one attached hydrogen (secondary N) is 1. The molecule has 6 nitrogen and oxygen atoms in total. The van der Waals surface area contributed by atoms with Gasteiger partial charge in [0.2, 0.25) is 5.91 Å². The van der Waals surface area contributed by atoms with Crippen LogP contribution in [-0.4, -0.2) is 38.1 Å². The molecule has 0 fully saturated rings. The van der Waals surface area contributed by atoms with Gasteiger partial charge in [-0.1, -0.05) is 19.1 Å². The Hall–Kier alpha value is -2.28. The molecule has 0 saturated carbocycles. The fourth-order valence-corrected chi connectivity index (χ4v) is 3.90. The van der Waals surface area contributed by atoms with Crippen molar-refractivity contribution >= 4 is 34.2 Å². The van der Waals surface area contributed by atoms with Gasteiger partial charge in [-0.15, -0.1) is 0 Å². The molecule has 7 heteroatoms. The van der Waals surface area contributed by atoms with Gasteiger partial charge in [-0.3, -0.25) is 14.3 Å². The van der Waals surface area contributed by atoms with E-state index in [-0.39, 0.29) is 18.0 Å². The highest BCUT2D eigenvalue weighted by molar-refractivity contribution is 7.99. The number of aromatic nitrogens is 3. The van der Waals surface area contributed by atoms with Crippen LogP contribution in [0.15, 0.2) is 35.1 Å². The first-order chi connectivity index (χ1) is 12.6. The summed E-state index contributed by atoms with van der Waals surface area (Å²) in [6, 6.07) is 9.20. The molecular formula is C19H24N4O2S. The third-order valence-corrected chi connectivity index (χ3v) is 5.45. The fraction of sp³-hybridized carbons (Fsp3) is 0.421. The third-order valence-electron chi connectivity index (χ3n) is 4.18. The first-order valence-corrected chi connectivity index (χ1v) is 10.1. The van der Waals surface area contributed by atoms with Crippen LogP contribution in [-0.2, 0) is 11.3 Å².